The molecule has 2 aromatic carbocycles. The van der Waals surface area contributed by atoms with Crippen LogP contribution in [0, 0.1) is 11.6 Å². The molecule has 0 heterocycles. The van der Waals surface area contributed by atoms with E-state index in [9.17, 15) is 13.0 Å². The predicted molar refractivity (Wildman–Crippen MR) is 123 cm³/mol. The van der Waals surface area contributed by atoms with Gasteiger partial charge in [0, 0.05) is 35.4 Å². The highest BCUT2D eigenvalue weighted by atomic mass is 127. The van der Waals surface area contributed by atoms with Crippen LogP contribution < -0.4 is 10.6 Å². The molecule has 0 saturated heterocycles. The van der Waals surface area contributed by atoms with Gasteiger partial charge in [0.25, 0.3) is 0 Å². The minimum atomic E-state index is -0.986. The monoisotopic (exact) mass is 521 g/mol. The fourth-order valence-electron chi connectivity index (χ4n) is 2.48. The number of guanidine groups is 1. The zero-order valence-electron chi connectivity index (χ0n) is 15.8. The van der Waals surface area contributed by atoms with Gasteiger partial charge in [-0.1, -0.05) is 30.3 Å². The molecule has 2 rings (SSSR count). The third-order valence-electron chi connectivity index (χ3n) is 3.80. The molecule has 28 heavy (non-hydrogen) atoms. The largest absolute Gasteiger partial charge is 0.357 e. The van der Waals surface area contributed by atoms with Crippen LogP contribution >= 0.6 is 24.0 Å². The van der Waals surface area contributed by atoms with Crippen LogP contribution in [0.3, 0.4) is 0 Å². The summed E-state index contributed by atoms with van der Waals surface area (Å²) >= 11 is 0. The van der Waals surface area contributed by atoms with Crippen LogP contribution in [0.4, 0.5) is 8.78 Å². The minimum Gasteiger partial charge on any atom is -0.357 e. The van der Waals surface area contributed by atoms with Gasteiger partial charge in [0.15, 0.2) is 5.96 Å². The molecule has 0 fully saturated rings. The summed E-state index contributed by atoms with van der Waals surface area (Å²) in [6.07, 6.45) is 0.341. The van der Waals surface area contributed by atoms with Crippen LogP contribution in [0.25, 0.3) is 0 Å². The highest BCUT2D eigenvalue weighted by molar-refractivity contribution is 14.0. The molecule has 0 aliphatic carbocycles. The number of nitrogens with zero attached hydrogens (tertiary/aromatic N) is 1. The number of aliphatic imine (C=N–C) groups is 1. The van der Waals surface area contributed by atoms with Crippen LogP contribution in [0.15, 0.2) is 53.5 Å². The van der Waals surface area contributed by atoms with E-state index in [1.807, 2.05) is 37.3 Å². The van der Waals surface area contributed by atoms with Gasteiger partial charge in [-0.15, -0.1) is 24.0 Å². The lowest BCUT2D eigenvalue weighted by Crippen LogP contribution is -2.38. The molecule has 0 spiro atoms. The van der Waals surface area contributed by atoms with Gasteiger partial charge >= 0.3 is 0 Å². The third-order valence-corrected chi connectivity index (χ3v) is 5.09. The minimum absolute atomic E-state index is 0. The molecule has 8 heteroatoms. The molecule has 2 N–H and O–H groups in total. The second-order valence-corrected chi connectivity index (χ2v) is 7.52. The molecule has 0 bridgehead atoms. The molecule has 0 saturated carbocycles. The van der Waals surface area contributed by atoms with Gasteiger partial charge < -0.3 is 10.6 Å². The van der Waals surface area contributed by atoms with Crippen molar-refractivity contribution in [3.05, 3.63) is 71.3 Å². The van der Waals surface area contributed by atoms with Crippen molar-refractivity contribution < 1.29 is 13.0 Å². The molecule has 1 unspecified atom stereocenters. The van der Waals surface area contributed by atoms with E-state index in [0.29, 0.717) is 49.1 Å². The summed E-state index contributed by atoms with van der Waals surface area (Å²) in [4.78, 5) is 4.40. The number of benzene rings is 2. The third kappa shape index (κ3) is 9.09. The van der Waals surface area contributed by atoms with Crippen molar-refractivity contribution in [1.29, 1.82) is 0 Å². The first-order valence-corrected chi connectivity index (χ1v) is 10.4. The quantitative estimate of drug-likeness (QED) is 0.301. The van der Waals surface area contributed by atoms with Gasteiger partial charge in [-0.2, -0.15) is 0 Å². The zero-order chi connectivity index (χ0) is 19.5. The Labute approximate surface area is 184 Å². The Balaban J connectivity index is 0.00000392. The molecular weight excluding hydrogens is 495 g/mol. The lowest BCUT2D eigenvalue weighted by Gasteiger charge is -2.11. The maximum Gasteiger partial charge on any atom is 0.191 e. The first kappa shape index (κ1) is 24.5. The lowest BCUT2D eigenvalue weighted by atomic mass is 10.1. The first-order chi connectivity index (χ1) is 13.1. The van der Waals surface area contributed by atoms with E-state index < -0.39 is 22.4 Å². The topological polar surface area (TPSA) is 53.5 Å². The SMILES string of the molecule is CCNC(=NCCS(=O)Cc1ccccc1)NCCc1cc(F)ccc1F.I. The van der Waals surface area contributed by atoms with E-state index in [4.69, 9.17) is 0 Å². The van der Waals surface area contributed by atoms with E-state index in [1.165, 1.54) is 6.07 Å². The Morgan fingerprint density at radius 3 is 2.57 bits per heavy atom. The van der Waals surface area contributed by atoms with Crippen molar-refractivity contribution in [2.75, 3.05) is 25.4 Å². The predicted octanol–water partition coefficient (Wildman–Crippen LogP) is 3.63. The Morgan fingerprint density at radius 1 is 1.11 bits per heavy atom. The van der Waals surface area contributed by atoms with E-state index in [-0.39, 0.29) is 24.0 Å². The van der Waals surface area contributed by atoms with Crippen molar-refractivity contribution in [3.8, 4) is 0 Å². The Morgan fingerprint density at radius 2 is 1.86 bits per heavy atom. The molecule has 0 aromatic heterocycles. The fraction of sp³-hybridized carbons (Fsp3) is 0.350. The summed E-state index contributed by atoms with van der Waals surface area (Å²) in [6, 6.07) is 13.1. The smallest absolute Gasteiger partial charge is 0.191 e. The molecule has 0 radical (unpaired) electrons. The first-order valence-electron chi connectivity index (χ1n) is 8.93. The van der Waals surface area contributed by atoms with Gasteiger partial charge in [-0.3, -0.25) is 9.20 Å². The van der Waals surface area contributed by atoms with Crippen LogP contribution in [0.5, 0.6) is 0 Å². The maximum atomic E-state index is 13.6. The summed E-state index contributed by atoms with van der Waals surface area (Å²) in [7, 11) is -0.986. The molecule has 0 aliphatic heterocycles. The van der Waals surface area contributed by atoms with E-state index in [2.05, 4.69) is 15.6 Å². The van der Waals surface area contributed by atoms with E-state index in [1.54, 1.807) is 0 Å². The Bertz CT molecular complexity index is 775. The van der Waals surface area contributed by atoms with Crippen molar-refractivity contribution in [1.82, 2.24) is 10.6 Å². The number of halogens is 3. The van der Waals surface area contributed by atoms with Crippen LogP contribution in [0.2, 0.25) is 0 Å². The number of hydrogen-bond donors (Lipinski definition) is 2. The summed E-state index contributed by atoms with van der Waals surface area (Å²) < 4.78 is 39.0. The molecule has 0 amide bonds. The maximum absolute atomic E-state index is 13.6. The molecule has 154 valence electrons. The van der Waals surface area contributed by atoms with Gasteiger partial charge in [0.2, 0.25) is 0 Å². The Hall–Kier alpha value is -1.55. The second kappa shape index (κ2) is 13.6. The highest BCUT2D eigenvalue weighted by Gasteiger charge is 2.05. The molecule has 2 aromatic rings. The van der Waals surface area contributed by atoms with Gasteiger partial charge in [-0.05, 0) is 42.7 Å². The second-order valence-electron chi connectivity index (χ2n) is 5.95. The summed E-state index contributed by atoms with van der Waals surface area (Å²) in [5, 5.41) is 6.18. The lowest BCUT2D eigenvalue weighted by molar-refractivity contribution is 0.583. The summed E-state index contributed by atoms with van der Waals surface area (Å²) in [6.45, 7) is 3.45. The van der Waals surface area contributed by atoms with Crippen molar-refractivity contribution >= 4 is 40.7 Å². The van der Waals surface area contributed by atoms with Crippen molar-refractivity contribution in [3.63, 3.8) is 0 Å². The van der Waals surface area contributed by atoms with Crippen molar-refractivity contribution in [2.45, 2.75) is 19.1 Å². The average molecular weight is 521 g/mol. The Kier molecular flexibility index (Phi) is 11.9. The van der Waals surface area contributed by atoms with Crippen LogP contribution in [-0.2, 0) is 23.0 Å². The summed E-state index contributed by atoms with van der Waals surface area (Å²) in [5.41, 5.74) is 1.37. The average Bonchev–Trinajstić information content (AvgIpc) is 2.65. The number of nitrogens with one attached hydrogen (secondary N) is 2. The van der Waals surface area contributed by atoms with Crippen LogP contribution in [-0.4, -0.2) is 35.6 Å². The standard InChI is InChI=1S/C20H25F2N3OS.HI/c1-2-23-20(24-11-10-17-14-18(21)8-9-19(17)22)25-12-13-27(26)15-16-6-4-3-5-7-16;/h3-9,14H,2,10-13,15H2,1H3,(H2,23,24,25);1H. The van der Waals surface area contributed by atoms with Gasteiger partial charge in [0.1, 0.15) is 11.6 Å². The normalized spacial score (nSPS) is 12.2. The zero-order valence-corrected chi connectivity index (χ0v) is 18.9. The van der Waals surface area contributed by atoms with E-state index in [0.717, 1.165) is 17.7 Å². The molecule has 4 nitrogen and oxygen atoms in total. The van der Waals surface area contributed by atoms with Gasteiger partial charge in [-0.25, -0.2) is 8.78 Å². The van der Waals surface area contributed by atoms with Gasteiger partial charge in [0.05, 0.1) is 6.54 Å². The number of rotatable bonds is 9. The van der Waals surface area contributed by atoms with Crippen LogP contribution in [0.1, 0.15) is 18.1 Å². The summed E-state index contributed by atoms with van der Waals surface area (Å²) in [5.74, 6) is 0.679. The molecular formula is C20H26F2IN3OS. The van der Waals surface area contributed by atoms with Crippen molar-refractivity contribution in [2.24, 2.45) is 4.99 Å². The number of hydrogen-bond acceptors (Lipinski definition) is 2. The molecule has 1 atom stereocenters. The molecule has 0 aliphatic rings. The fourth-order valence-corrected chi connectivity index (χ4v) is 3.49. The van der Waals surface area contributed by atoms with E-state index >= 15 is 0 Å². The highest BCUT2D eigenvalue weighted by Crippen LogP contribution is 2.09.